The second-order valence-electron chi connectivity index (χ2n) is 4.90. The third kappa shape index (κ3) is 4.04. The number of hydrogen-bond acceptors (Lipinski definition) is 5. The minimum Gasteiger partial charge on any atom is -0.383 e. The number of anilines is 1. The molecule has 2 rings (SSSR count). The van der Waals surface area contributed by atoms with Crippen LogP contribution in [0.1, 0.15) is 19.3 Å². The number of hydrogen-bond donors (Lipinski definition) is 2. The van der Waals surface area contributed by atoms with Crippen molar-refractivity contribution >= 4 is 21.6 Å². The third-order valence-electron chi connectivity index (χ3n) is 3.46. The highest BCUT2D eigenvalue weighted by atomic mass is 79.9. The van der Waals surface area contributed by atoms with Crippen molar-refractivity contribution in [3.63, 3.8) is 0 Å². The van der Waals surface area contributed by atoms with Gasteiger partial charge in [0.2, 0.25) is 0 Å². The second kappa shape index (κ2) is 7.75. The topological polar surface area (TPSA) is 68.2 Å². The summed E-state index contributed by atoms with van der Waals surface area (Å²) in [6.07, 6.45) is 5.23. The Balaban J connectivity index is 1.91. The summed E-state index contributed by atoms with van der Waals surface area (Å²) in [7, 11) is 1.60. The first-order valence-corrected chi connectivity index (χ1v) is 7.73. The number of ether oxygens (including phenoxy) is 1. The molecule has 1 aromatic rings. The molecule has 112 valence electrons. The molecular formula is C13H21BrN4O2. The Kier molecular flexibility index (Phi) is 6.00. The van der Waals surface area contributed by atoms with Gasteiger partial charge in [-0.3, -0.25) is 4.79 Å². The standard InChI is InChI=1S/C13H21BrN4O2/c1-20-8-7-18-13(19)12(14)11(9-17-18)16-6-4-10-3-2-5-15-10/h9-10,15-16H,2-8H2,1H3/t10-/m1/s1. The zero-order valence-electron chi connectivity index (χ0n) is 11.7. The van der Waals surface area contributed by atoms with E-state index in [0.717, 1.165) is 25.2 Å². The van der Waals surface area contributed by atoms with Crippen molar-refractivity contribution in [1.29, 1.82) is 0 Å². The van der Waals surface area contributed by atoms with Gasteiger partial charge in [0, 0.05) is 19.7 Å². The van der Waals surface area contributed by atoms with E-state index in [2.05, 4.69) is 31.7 Å². The summed E-state index contributed by atoms with van der Waals surface area (Å²) in [6, 6.07) is 0.594. The molecule has 1 aliphatic rings. The maximum Gasteiger partial charge on any atom is 0.283 e. The number of nitrogens with one attached hydrogen (secondary N) is 2. The lowest BCUT2D eigenvalue weighted by Gasteiger charge is -2.13. The van der Waals surface area contributed by atoms with E-state index in [1.54, 1.807) is 13.3 Å². The molecule has 1 saturated heterocycles. The number of halogens is 1. The van der Waals surface area contributed by atoms with Crippen LogP contribution in [-0.2, 0) is 11.3 Å². The summed E-state index contributed by atoms with van der Waals surface area (Å²) >= 11 is 3.34. The Hall–Kier alpha value is -0.920. The molecule has 0 aromatic carbocycles. The van der Waals surface area contributed by atoms with E-state index in [4.69, 9.17) is 4.74 Å². The Morgan fingerprint density at radius 2 is 2.50 bits per heavy atom. The van der Waals surface area contributed by atoms with E-state index >= 15 is 0 Å². The zero-order chi connectivity index (χ0) is 14.4. The predicted octanol–water partition coefficient (Wildman–Crippen LogP) is 1.21. The maximum atomic E-state index is 12.1. The minimum atomic E-state index is -0.133. The lowest BCUT2D eigenvalue weighted by atomic mass is 10.1. The fourth-order valence-electron chi connectivity index (χ4n) is 2.31. The number of aromatic nitrogens is 2. The molecule has 0 bridgehead atoms. The lowest BCUT2D eigenvalue weighted by molar-refractivity contribution is 0.181. The summed E-state index contributed by atoms with van der Waals surface area (Å²) in [5.74, 6) is 0. The molecule has 0 radical (unpaired) electrons. The van der Waals surface area contributed by atoms with Crippen molar-refractivity contribution in [3.8, 4) is 0 Å². The van der Waals surface area contributed by atoms with Crippen molar-refractivity contribution < 1.29 is 4.74 Å². The van der Waals surface area contributed by atoms with Crippen LogP contribution in [0.25, 0.3) is 0 Å². The van der Waals surface area contributed by atoms with Crippen LogP contribution in [0.4, 0.5) is 5.69 Å². The zero-order valence-corrected chi connectivity index (χ0v) is 13.3. The average molecular weight is 345 g/mol. The van der Waals surface area contributed by atoms with Gasteiger partial charge in [-0.2, -0.15) is 5.10 Å². The molecule has 2 heterocycles. The molecular weight excluding hydrogens is 324 g/mol. The average Bonchev–Trinajstić information content (AvgIpc) is 2.96. The molecule has 1 aromatic heterocycles. The van der Waals surface area contributed by atoms with Gasteiger partial charge in [0.15, 0.2) is 0 Å². The van der Waals surface area contributed by atoms with E-state index in [9.17, 15) is 4.79 Å². The van der Waals surface area contributed by atoms with Crippen LogP contribution in [0.5, 0.6) is 0 Å². The van der Waals surface area contributed by atoms with Crippen LogP contribution in [-0.4, -0.2) is 42.6 Å². The summed E-state index contributed by atoms with van der Waals surface area (Å²) in [5.41, 5.74) is 0.618. The number of rotatable bonds is 7. The first-order chi connectivity index (χ1) is 9.72. The van der Waals surface area contributed by atoms with Crippen molar-refractivity contribution in [2.45, 2.75) is 31.8 Å². The fraction of sp³-hybridized carbons (Fsp3) is 0.692. The predicted molar refractivity (Wildman–Crippen MR) is 82.2 cm³/mol. The summed E-state index contributed by atoms with van der Waals surface area (Å²) in [5, 5.41) is 10.9. The van der Waals surface area contributed by atoms with Gasteiger partial charge in [0.1, 0.15) is 4.47 Å². The van der Waals surface area contributed by atoms with Crippen molar-refractivity contribution in [3.05, 3.63) is 21.0 Å². The smallest absolute Gasteiger partial charge is 0.283 e. The number of methoxy groups -OCH3 is 1. The fourth-order valence-corrected chi connectivity index (χ4v) is 2.76. The molecule has 0 aliphatic carbocycles. The largest absolute Gasteiger partial charge is 0.383 e. The van der Waals surface area contributed by atoms with Crippen LogP contribution in [0.15, 0.2) is 15.5 Å². The summed E-state index contributed by atoms with van der Waals surface area (Å²) < 4.78 is 6.89. The highest BCUT2D eigenvalue weighted by Crippen LogP contribution is 2.16. The van der Waals surface area contributed by atoms with E-state index in [0.29, 0.717) is 23.7 Å². The Bertz CT molecular complexity index is 486. The van der Waals surface area contributed by atoms with Crippen LogP contribution in [0.3, 0.4) is 0 Å². The van der Waals surface area contributed by atoms with Gasteiger partial charge in [0.25, 0.3) is 5.56 Å². The molecule has 2 N–H and O–H groups in total. The highest BCUT2D eigenvalue weighted by molar-refractivity contribution is 9.10. The first kappa shape index (κ1) is 15.5. The summed E-state index contributed by atoms with van der Waals surface area (Å²) in [6.45, 7) is 2.88. The van der Waals surface area contributed by atoms with E-state index in [1.165, 1.54) is 17.5 Å². The molecule has 0 unspecified atom stereocenters. The maximum absolute atomic E-state index is 12.1. The minimum absolute atomic E-state index is 0.133. The Morgan fingerprint density at radius 3 is 3.20 bits per heavy atom. The first-order valence-electron chi connectivity index (χ1n) is 6.94. The lowest BCUT2D eigenvalue weighted by Crippen LogP contribution is -2.27. The molecule has 6 nitrogen and oxygen atoms in total. The Morgan fingerprint density at radius 1 is 1.65 bits per heavy atom. The molecule has 0 spiro atoms. The molecule has 7 heteroatoms. The van der Waals surface area contributed by atoms with Gasteiger partial charge in [-0.15, -0.1) is 0 Å². The second-order valence-corrected chi connectivity index (χ2v) is 5.70. The van der Waals surface area contributed by atoms with Crippen molar-refractivity contribution in [2.24, 2.45) is 0 Å². The molecule has 20 heavy (non-hydrogen) atoms. The molecule has 1 aliphatic heterocycles. The van der Waals surface area contributed by atoms with Gasteiger partial charge in [-0.25, -0.2) is 4.68 Å². The van der Waals surface area contributed by atoms with Crippen LogP contribution < -0.4 is 16.2 Å². The quantitative estimate of drug-likeness (QED) is 0.778. The van der Waals surface area contributed by atoms with Crippen LogP contribution >= 0.6 is 15.9 Å². The third-order valence-corrected chi connectivity index (χ3v) is 4.23. The normalized spacial score (nSPS) is 18.4. The van der Waals surface area contributed by atoms with Crippen LogP contribution in [0, 0.1) is 0 Å². The highest BCUT2D eigenvalue weighted by Gasteiger charge is 2.14. The molecule has 1 atom stereocenters. The van der Waals surface area contributed by atoms with Gasteiger partial charge in [-0.05, 0) is 41.7 Å². The van der Waals surface area contributed by atoms with Crippen molar-refractivity contribution in [2.75, 3.05) is 32.1 Å². The number of nitrogens with zero attached hydrogens (tertiary/aromatic N) is 2. The van der Waals surface area contributed by atoms with Crippen LogP contribution in [0.2, 0.25) is 0 Å². The van der Waals surface area contributed by atoms with E-state index < -0.39 is 0 Å². The molecule has 0 amide bonds. The molecule has 0 saturated carbocycles. The van der Waals surface area contributed by atoms with Gasteiger partial charge in [-0.1, -0.05) is 0 Å². The Labute approximate surface area is 127 Å². The van der Waals surface area contributed by atoms with Gasteiger partial charge in [0.05, 0.1) is 25.0 Å². The monoisotopic (exact) mass is 344 g/mol. The summed E-state index contributed by atoms with van der Waals surface area (Å²) in [4.78, 5) is 12.1. The van der Waals surface area contributed by atoms with Gasteiger partial charge >= 0.3 is 0 Å². The van der Waals surface area contributed by atoms with Crippen molar-refractivity contribution in [1.82, 2.24) is 15.1 Å². The molecule has 1 fully saturated rings. The van der Waals surface area contributed by atoms with E-state index in [1.807, 2.05) is 0 Å². The van der Waals surface area contributed by atoms with E-state index in [-0.39, 0.29) is 5.56 Å². The SMILES string of the molecule is COCCn1ncc(NCC[C@H]2CCCN2)c(Br)c1=O. The van der Waals surface area contributed by atoms with Gasteiger partial charge < -0.3 is 15.4 Å².